The highest BCUT2D eigenvalue weighted by atomic mass is 32.1. The summed E-state index contributed by atoms with van der Waals surface area (Å²) in [6.07, 6.45) is 3.91. The highest BCUT2D eigenvalue weighted by molar-refractivity contribution is 7.14. The maximum Gasteiger partial charge on any atom is 0.348 e. The molecule has 0 bridgehead atoms. The molecule has 1 aromatic heterocycles. The zero-order valence-corrected chi connectivity index (χ0v) is 14.6. The van der Waals surface area contributed by atoms with E-state index in [2.05, 4.69) is 11.8 Å². The van der Waals surface area contributed by atoms with Crippen molar-refractivity contribution >= 4 is 17.3 Å². The molecule has 0 amide bonds. The zero-order chi connectivity index (χ0) is 16.1. The molecule has 1 aliphatic rings. The average Bonchev–Trinajstić information content (AvgIpc) is 2.95. The van der Waals surface area contributed by atoms with Gasteiger partial charge in [-0.3, -0.25) is 0 Å². The Labute approximate surface area is 137 Å². The lowest BCUT2D eigenvalue weighted by Gasteiger charge is -2.33. The van der Waals surface area contributed by atoms with E-state index >= 15 is 0 Å². The summed E-state index contributed by atoms with van der Waals surface area (Å²) >= 11 is 1.34. The fourth-order valence-electron chi connectivity index (χ4n) is 2.83. The lowest BCUT2D eigenvalue weighted by atomic mass is 10.0. The van der Waals surface area contributed by atoms with Gasteiger partial charge in [0.05, 0.1) is 12.2 Å². The maximum absolute atomic E-state index is 11.8. The Kier molecular flexibility index (Phi) is 6.41. The van der Waals surface area contributed by atoms with E-state index in [4.69, 9.17) is 4.74 Å². The molecule has 1 saturated heterocycles. The highest BCUT2D eigenvalue weighted by Crippen LogP contribution is 2.27. The second-order valence-electron chi connectivity index (χ2n) is 6.34. The van der Waals surface area contributed by atoms with Crippen molar-refractivity contribution in [3.63, 3.8) is 0 Å². The van der Waals surface area contributed by atoms with Crippen LogP contribution in [0.5, 0.6) is 0 Å². The molecule has 4 nitrogen and oxygen atoms in total. The van der Waals surface area contributed by atoms with E-state index in [1.165, 1.54) is 30.6 Å². The molecule has 2 heterocycles. The molecule has 0 aliphatic carbocycles. The van der Waals surface area contributed by atoms with Gasteiger partial charge in [0.1, 0.15) is 4.88 Å². The van der Waals surface area contributed by atoms with Gasteiger partial charge in [-0.2, -0.15) is 0 Å². The van der Waals surface area contributed by atoms with Crippen LogP contribution < -0.4 is 0 Å². The number of hydrogen-bond donors (Lipinski definition) is 1. The van der Waals surface area contributed by atoms with Crippen LogP contribution in [0.1, 0.15) is 67.1 Å². The number of aliphatic hydroxyl groups is 1. The molecule has 1 fully saturated rings. The summed E-state index contributed by atoms with van der Waals surface area (Å²) in [5.41, 5.74) is 0. The van der Waals surface area contributed by atoms with E-state index in [0.717, 1.165) is 18.0 Å². The number of carbonyl (C=O) groups is 1. The van der Waals surface area contributed by atoms with Gasteiger partial charge in [0.25, 0.3) is 0 Å². The van der Waals surface area contributed by atoms with Gasteiger partial charge < -0.3 is 14.7 Å². The van der Waals surface area contributed by atoms with Gasteiger partial charge in [0.2, 0.25) is 0 Å². The molecule has 22 heavy (non-hydrogen) atoms. The van der Waals surface area contributed by atoms with Crippen LogP contribution in [0.2, 0.25) is 0 Å². The van der Waals surface area contributed by atoms with Crippen LogP contribution in [0.3, 0.4) is 0 Å². The van der Waals surface area contributed by atoms with Gasteiger partial charge in [-0.15, -0.1) is 11.3 Å². The minimum atomic E-state index is -0.500. The van der Waals surface area contributed by atoms with Gasteiger partial charge in [-0.25, -0.2) is 4.79 Å². The van der Waals surface area contributed by atoms with Crippen molar-refractivity contribution < 1.29 is 14.6 Å². The Balaban J connectivity index is 1.86. The van der Waals surface area contributed by atoms with Gasteiger partial charge in [-0.05, 0) is 58.7 Å². The first-order valence-electron chi connectivity index (χ1n) is 8.20. The quantitative estimate of drug-likeness (QED) is 0.812. The first kappa shape index (κ1) is 17.4. The van der Waals surface area contributed by atoms with Crippen molar-refractivity contribution in [2.75, 3.05) is 13.1 Å². The van der Waals surface area contributed by atoms with Crippen molar-refractivity contribution in [1.29, 1.82) is 0 Å². The lowest BCUT2D eigenvalue weighted by molar-refractivity contribution is 0.0384. The molecule has 1 aliphatic heterocycles. The number of aliphatic hydroxyl groups excluding tert-OH is 1. The van der Waals surface area contributed by atoms with Crippen molar-refractivity contribution in [2.45, 2.75) is 64.7 Å². The van der Waals surface area contributed by atoms with Crippen molar-refractivity contribution in [1.82, 2.24) is 4.90 Å². The predicted molar refractivity (Wildman–Crippen MR) is 89.3 cm³/mol. The Bertz CT molecular complexity index is 486. The maximum atomic E-state index is 11.8. The molecule has 0 radical (unpaired) electrons. The number of hydrogen-bond acceptors (Lipinski definition) is 5. The minimum absolute atomic E-state index is 0.122. The number of likely N-dealkylation sites (tertiary alicyclic amines) is 1. The number of piperidine rings is 1. The molecule has 5 heteroatoms. The summed E-state index contributed by atoms with van der Waals surface area (Å²) < 4.78 is 5.18. The number of esters is 1. The van der Waals surface area contributed by atoms with Crippen LogP contribution >= 0.6 is 11.3 Å². The van der Waals surface area contributed by atoms with E-state index in [-0.39, 0.29) is 12.1 Å². The minimum Gasteiger partial charge on any atom is -0.459 e. The predicted octanol–water partition coefficient (Wildman–Crippen LogP) is 3.61. The molecule has 2 atom stereocenters. The van der Waals surface area contributed by atoms with Crippen LogP contribution in [0, 0.1) is 0 Å². The van der Waals surface area contributed by atoms with Crippen LogP contribution in [-0.2, 0) is 4.74 Å². The second-order valence-corrected chi connectivity index (χ2v) is 7.46. The standard InChI is InChI=1S/C17H27NO3S/c1-12(2)21-17(20)16-8-7-15(22-16)14(19)9-11-18-10-5-4-6-13(18)3/h7-8,12-14,19H,4-6,9-11H2,1-3H3. The monoisotopic (exact) mass is 325 g/mol. The molecule has 2 unspecified atom stereocenters. The van der Waals surface area contributed by atoms with Crippen molar-refractivity contribution in [3.05, 3.63) is 21.9 Å². The average molecular weight is 325 g/mol. The number of rotatable bonds is 6. The van der Waals surface area contributed by atoms with Crippen LogP contribution in [0.25, 0.3) is 0 Å². The fraction of sp³-hybridized carbons (Fsp3) is 0.706. The third kappa shape index (κ3) is 4.80. The lowest BCUT2D eigenvalue weighted by Crippen LogP contribution is -2.38. The first-order chi connectivity index (χ1) is 10.5. The smallest absolute Gasteiger partial charge is 0.348 e. The van der Waals surface area contributed by atoms with Gasteiger partial charge >= 0.3 is 5.97 Å². The van der Waals surface area contributed by atoms with Crippen LogP contribution in [-0.4, -0.2) is 41.2 Å². The number of thiophene rings is 1. The van der Waals surface area contributed by atoms with Crippen LogP contribution in [0.4, 0.5) is 0 Å². The molecular weight excluding hydrogens is 298 g/mol. The second kappa shape index (κ2) is 8.09. The largest absolute Gasteiger partial charge is 0.459 e. The summed E-state index contributed by atoms with van der Waals surface area (Å²) in [5, 5.41) is 10.3. The van der Waals surface area contributed by atoms with Gasteiger partial charge in [0, 0.05) is 17.5 Å². The van der Waals surface area contributed by atoms with Crippen LogP contribution in [0.15, 0.2) is 12.1 Å². The Hall–Kier alpha value is -0.910. The molecule has 0 saturated carbocycles. The molecule has 0 aromatic carbocycles. The van der Waals surface area contributed by atoms with Gasteiger partial charge in [-0.1, -0.05) is 6.42 Å². The third-order valence-corrected chi connectivity index (χ3v) is 5.30. The van der Waals surface area contributed by atoms with Crippen molar-refractivity contribution in [2.24, 2.45) is 0 Å². The summed E-state index contributed by atoms with van der Waals surface area (Å²) in [6, 6.07) is 4.20. The fourth-order valence-corrected chi connectivity index (χ4v) is 3.75. The SMILES string of the molecule is CC(C)OC(=O)c1ccc(C(O)CCN2CCCCC2C)s1. The van der Waals surface area contributed by atoms with E-state index in [0.29, 0.717) is 17.3 Å². The Morgan fingerprint density at radius 3 is 2.91 bits per heavy atom. The topological polar surface area (TPSA) is 49.8 Å². The molecule has 1 N–H and O–H groups in total. The zero-order valence-electron chi connectivity index (χ0n) is 13.7. The first-order valence-corrected chi connectivity index (χ1v) is 9.02. The molecule has 124 valence electrons. The van der Waals surface area contributed by atoms with E-state index < -0.39 is 6.10 Å². The summed E-state index contributed by atoms with van der Waals surface area (Å²) in [4.78, 5) is 15.7. The molecule has 0 spiro atoms. The van der Waals surface area contributed by atoms with Gasteiger partial charge in [0.15, 0.2) is 0 Å². The number of carbonyl (C=O) groups excluding carboxylic acids is 1. The number of nitrogens with zero attached hydrogens (tertiary/aromatic N) is 1. The normalized spacial score (nSPS) is 21.0. The summed E-state index contributed by atoms with van der Waals surface area (Å²) in [6.45, 7) is 7.97. The van der Waals surface area contributed by atoms with E-state index in [9.17, 15) is 9.90 Å². The summed E-state index contributed by atoms with van der Waals surface area (Å²) in [5.74, 6) is -0.303. The number of ether oxygens (including phenoxy) is 1. The van der Waals surface area contributed by atoms with E-state index in [1.807, 2.05) is 19.9 Å². The highest BCUT2D eigenvalue weighted by Gasteiger charge is 2.21. The summed E-state index contributed by atoms with van der Waals surface area (Å²) in [7, 11) is 0. The molecular formula is C17H27NO3S. The Morgan fingerprint density at radius 1 is 1.45 bits per heavy atom. The molecule has 2 rings (SSSR count). The Morgan fingerprint density at radius 2 is 2.23 bits per heavy atom. The van der Waals surface area contributed by atoms with Crippen molar-refractivity contribution in [3.8, 4) is 0 Å². The molecule has 1 aromatic rings. The van der Waals surface area contributed by atoms with E-state index in [1.54, 1.807) is 6.07 Å². The third-order valence-electron chi connectivity index (χ3n) is 4.13.